The van der Waals surface area contributed by atoms with Crippen LogP contribution in [0.4, 0.5) is 5.69 Å². The van der Waals surface area contributed by atoms with Gasteiger partial charge in [0.25, 0.3) is 5.82 Å². The van der Waals surface area contributed by atoms with Crippen molar-refractivity contribution in [1.82, 2.24) is 4.98 Å². The third kappa shape index (κ3) is 3.77. The van der Waals surface area contributed by atoms with Crippen LogP contribution >= 0.6 is 0 Å². The fourth-order valence-corrected chi connectivity index (χ4v) is 4.33. The third-order valence-electron chi connectivity index (χ3n) is 5.93. The molecule has 0 fully saturated rings. The fraction of sp³-hybridized carbons (Fsp3) is 0.143. The zero-order valence-corrected chi connectivity index (χ0v) is 18.7. The number of fused-ring (bicyclic) bond motifs is 2. The van der Waals surface area contributed by atoms with Crippen LogP contribution in [-0.4, -0.2) is 11.5 Å². The van der Waals surface area contributed by atoms with E-state index in [1.165, 1.54) is 11.1 Å². The van der Waals surface area contributed by atoms with Gasteiger partial charge in [-0.25, -0.2) is 9.55 Å². The van der Waals surface area contributed by atoms with E-state index in [1.54, 1.807) is 0 Å². The number of imidazole rings is 1. The minimum atomic E-state index is 0.648. The molecule has 0 radical (unpaired) electrons. The number of hydrogen-bond acceptors (Lipinski definition) is 3. The minimum Gasteiger partial charge on any atom is -0.439 e. The van der Waals surface area contributed by atoms with Crippen LogP contribution in [0.15, 0.2) is 84.8 Å². The van der Waals surface area contributed by atoms with E-state index in [1.807, 2.05) is 48.6 Å². The van der Waals surface area contributed by atoms with E-state index in [9.17, 15) is 5.26 Å². The van der Waals surface area contributed by atoms with Crippen molar-refractivity contribution in [3.63, 3.8) is 0 Å². The number of H-pyrrole nitrogens is 1. The number of anilines is 1. The molecule has 5 heteroatoms. The summed E-state index contributed by atoms with van der Waals surface area (Å²) in [5.41, 5.74) is 6.13. The molecular formula is C28H25N4O+. The van der Waals surface area contributed by atoms with E-state index < -0.39 is 0 Å². The number of benzene rings is 3. The number of rotatable bonds is 5. The Morgan fingerprint density at radius 1 is 1.03 bits per heavy atom. The molecule has 5 rings (SSSR count). The first-order valence-electron chi connectivity index (χ1n) is 11.2. The Balaban J connectivity index is 1.44. The van der Waals surface area contributed by atoms with E-state index in [4.69, 9.17) is 4.74 Å². The van der Waals surface area contributed by atoms with E-state index in [0.29, 0.717) is 5.56 Å². The lowest BCUT2D eigenvalue weighted by atomic mass is 10.0. The van der Waals surface area contributed by atoms with Crippen molar-refractivity contribution < 1.29 is 9.30 Å². The molecule has 0 aliphatic carbocycles. The maximum Gasteiger partial charge on any atom is 0.280 e. The average Bonchev–Trinajstić information content (AvgIpc) is 3.40. The summed E-state index contributed by atoms with van der Waals surface area (Å²) in [5, 5.41) is 9.19. The van der Waals surface area contributed by atoms with Gasteiger partial charge in [-0.3, -0.25) is 0 Å². The van der Waals surface area contributed by atoms with Crippen LogP contribution < -0.4 is 14.2 Å². The first kappa shape index (κ1) is 20.6. The fourth-order valence-electron chi connectivity index (χ4n) is 4.33. The minimum absolute atomic E-state index is 0.648. The maximum atomic E-state index is 9.19. The van der Waals surface area contributed by atoms with E-state index >= 15 is 0 Å². The van der Waals surface area contributed by atoms with Gasteiger partial charge in [0.15, 0.2) is 16.8 Å². The highest BCUT2D eigenvalue weighted by Gasteiger charge is 2.25. The molecule has 0 atom stereocenters. The molecule has 1 N–H and O–H groups in total. The molecule has 5 nitrogen and oxygen atoms in total. The molecule has 162 valence electrons. The Bertz CT molecular complexity index is 1420. The number of nitrogens with zero attached hydrogens (tertiary/aromatic N) is 3. The highest BCUT2D eigenvalue weighted by Crippen LogP contribution is 2.41. The van der Waals surface area contributed by atoms with Crippen molar-refractivity contribution in [2.24, 2.45) is 0 Å². The van der Waals surface area contributed by atoms with Gasteiger partial charge >= 0.3 is 0 Å². The molecular weight excluding hydrogens is 408 g/mol. The molecule has 1 aromatic heterocycles. The molecule has 33 heavy (non-hydrogen) atoms. The lowest BCUT2D eigenvalue weighted by molar-refractivity contribution is -0.669. The second kappa shape index (κ2) is 8.68. The molecule has 2 heterocycles. The molecule has 0 saturated heterocycles. The first-order valence-corrected chi connectivity index (χ1v) is 11.2. The summed E-state index contributed by atoms with van der Waals surface area (Å²) in [6.45, 7) is 5.87. The summed E-state index contributed by atoms with van der Waals surface area (Å²) < 4.78 is 8.36. The number of aromatic nitrogens is 2. The Labute approximate surface area is 193 Å². The molecule has 3 aromatic carbocycles. The molecule has 1 aliphatic rings. The second-order valence-electron chi connectivity index (χ2n) is 7.86. The molecule has 0 unspecified atom stereocenters. The third-order valence-corrected chi connectivity index (χ3v) is 5.93. The number of allylic oxidation sites excluding steroid dienone is 2. The largest absolute Gasteiger partial charge is 0.439 e. The Morgan fingerprint density at radius 3 is 2.64 bits per heavy atom. The lowest BCUT2D eigenvalue weighted by Crippen LogP contribution is -2.34. The number of aromatic amines is 1. The van der Waals surface area contributed by atoms with E-state index in [0.717, 1.165) is 47.3 Å². The average molecular weight is 434 g/mol. The predicted molar refractivity (Wildman–Crippen MR) is 132 cm³/mol. The Kier molecular flexibility index (Phi) is 5.42. The molecule has 4 aromatic rings. The monoisotopic (exact) mass is 433 g/mol. The van der Waals surface area contributed by atoms with E-state index in [2.05, 4.69) is 70.8 Å². The quantitative estimate of drug-likeness (QED) is 0.406. The number of nitrogens with one attached hydrogen (secondary N) is 1. The molecule has 0 saturated carbocycles. The van der Waals surface area contributed by atoms with Gasteiger partial charge < -0.3 is 9.64 Å². The lowest BCUT2D eigenvalue weighted by Gasteiger charge is -2.15. The summed E-state index contributed by atoms with van der Waals surface area (Å²) in [5.74, 6) is 2.65. The van der Waals surface area contributed by atoms with Crippen molar-refractivity contribution in [2.45, 2.75) is 20.4 Å². The zero-order valence-electron chi connectivity index (χ0n) is 18.7. The summed E-state index contributed by atoms with van der Waals surface area (Å²) in [6, 6.07) is 24.6. The van der Waals surface area contributed by atoms with Crippen LogP contribution in [0.25, 0.3) is 28.2 Å². The van der Waals surface area contributed by atoms with Crippen LogP contribution in [0.3, 0.4) is 0 Å². The van der Waals surface area contributed by atoms with Crippen LogP contribution in [0.1, 0.15) is 25.2 Å². The Hall–Kier alpha value is -4.30. The number of nitriles is 1. The molecule has 0 spiro atoms. The van der Waals surface area contributed by atoms with Gasteiger partial charge in [-0.05, 0) is 61.4 Å². The summed E-state index contributed by atoms with van der Waals surface area (Å²) in [6.07, 6.45) is 6.04. The molecule has 0 amide bonds. The SMILES string of the molecule is CCN1C(=CC=Cc2[nH]c3cc(C#N)ccc3[n+]2CC)Oc2ccc(-c3ccccc3)cc21. The highest BCUT2D eigenvalue weighted by atomic mass is 16.5. The second-order valence-corrected chi connectivity index (χ2v) is 7.86. The van der Waals surface area contributed by atoms with Crippen molar-refractivity contribution in [2.75, 3.05) is 11.4 Å². The van der Waals surface area contributed by atoms with Crippen LogP contribution in [0.5, 0.6) is 5.75 Å². The summed E-state index contributed by atoms with van der Waals surface area (Å²) >= 11 is 0. The van der Waals surface area contributed by atoms with Crippen molar-refractivity contribution in [3.05, 3.63) is 96.2 Å². The highest BCUT2D eigenvalue weighted by molar-refractivity contribution is 5.77. The maximum absolute atomic E-state index is 9.19. The standard InChI is InChI=1S/C28H24N4O/c1-3-31-24-15-13-20(19-29)17-23(24)30-27(31)11-8-12-28-32(4-2)25-18-22(14-16-26(25)33-28)21-9-6-5-7-10-21/h5-18H,3-4H2,1-2H3/p+1. The van der Waals surface area contributed by atoms with Gasteiger partial charge in [-0.15, -0.1) is 0 Å². The first-order chi connectivity index (χ1) is 16.2. The number of aryl methyl sites for hydroxylation is 1. The van der Waals surface area contributed by atoms with Crippen molar-refractivity contribution >= 4 is 22.8 Å². The van der Waals surface area contributed by atoms with Crippen molar-refractivity contribution in [3.8, 4) is 22.9 Å². The molecule has 0 bridgehead atoms. The number of hydrogen-bond donors (Lipinski definition) is 1. The zero-order chi connectivity index (χ0) is 22.8. The topological polar surface area (TPSA) is 55.9 Å². The van der Waals surface area contributed by atoms with Gasteiger partial charge in [0.1, 0.15) is 0 Å². The molecule has 1 aliphatic heterocycles. The summed E-state index contributed by atoms with van der Waals surface area (Å²) in [7, 11) is 0. The van der Waals surface area contributed by atoms with Crippen LogP contribution in [0.2, 0.25) is 0 Å². The van der Waals surface area contributed by atoms with E-state index in [-0.39, 0.29) is 0 Å². The van der Waals surface area contributed by atoms with Crippen LogP contribution in [0, 0.1) is 11.3 Å². The Morgan fingerprint density at radius 2 is 1.88 bits per heavy atom. The predicted octanol–water partition coefficient (Wildman–Crippen LogP) is 5.79. The number of ether oxygens (including phenoxy) is 1. The van der Waals surface area contributed by atoms with Crippen molar-refractivity contribution in [1.29, 1.82) is 5.26 Å². The van der Waals surface area contributed by atoms with Gasteiger partial charge in [-0.2, -0.15) is 5.26 Å². The smallest absolute Gasteiger partial charge is 0.280 e. The van der Waals surface area contributed by atoms with Gasteiger partial charge in [0.05, 0.1) is 23.9 Å². The normalized spacial score (nSPS) is 14.1. The van der Waals surface area contributed by atoms with Gasteiger partial charge in [0, 0.05) is 18.7 Å². The van der Waals surface area contributed by atoms with Crippen LogP contribution in [-0.2, 0) is 6.54 Å². The van der Waals surface area contributed by atoms with Gasteiger partial charge in [0.2, 0.25) is 5.88 Å². The summed E-state index contributed by atoms with van der Waals surface area (Å²) in [4.78, 5) is 5.61. The van der Waals surface area contributed by atoms with Gasteiger partial charge in [-0.1, -0.05) is 36.4 Å².